The molecule has 0 saturated carbocycles. The molecule has 0 bridgehead atoms. The van der Waals surface area contributed by atoms with E-state index in [0.29, 0.717) is 19.2 Å². The summed E-state index contributed by atoms with van der Waals surface area (Å²) in [5, 5.41) is 14.9. The van der Waals surface area contributed by atoms with E-state index < -0.39 is 0 Å². The summed E-state index contributed by atoms with van der Waals surface area (Å²) in [5.41, 5.74) is 19.0. The van der Waals surface area contributed by atoms with Crippen LogP contribution < -0.4 is 25.4 Å². The monoisotopic (exact) mass is 984 g/mol. The molecule has 2 atom stereocenters. The fraction of sp³-hybridized carbons (Fsp3) is 0.200. The predicted molar refractivity (Wildman–Crippen MR) is 306 cm³/mol. The number of nitrogens with zero attached hydrogens (tertiary/aromatic N) is 3. The largest absolute Gasteiger partial charge is 0.492 e. The number of fused-ring (bicyclic) bond motifs is 5. The highest BCUT2D eigenvalue weighted by Gasteiger charge is 2.42. The number of anilines is 4. The van der Waals surface area contributed by atoms with Gasteiger partial charge in [-0.15, -0.1) is 0 Å². The van der Waals surface area contributed by atoms with Crippen LogP contribution in [-0.2, 0) is 24.0 Å². The Kier molecular flexibility index (Phi) is 11.1. The number of hydrogen-bond acceptors (Lipinski definition) is 7. The second-order valence-corrected chi connectivity index (χ2v) is 21.6. The lowest BCUT2D eigenvalue weighted by atomic mass is 9.77. The fourth-order valence-electron chi connectivity index (χ4n) is 11.9. The zero-order valence-corrected chi connectivity index (χ0v) is 43.2. The molecule has 10 heteroatoms. The van der Waals surface area contributed by atoms with E-state index in [4.69, 9.17) is 14.5 Å². The smallest absolute Gasteiger partial charge is 0.227 e. The van der Waals surface area contributed by atoms with Crippen molar-refractivity contribution in [1.29, 1.82) is 0 Å². The lowest BCUT2D eigenvalue weighted by Crippen LogP contribution is -2.25. The number of aryl methyl sites for hydroxylation is 2. The van der Waals surface area contributed by atoms with Gasteiger partial charge in [0.2, 0.25) is 5.95 Å². The highest BCUT2D eigenvalue weighted by atomic mass is 16.5. The molecule has 0 spiro atoms. The van der Waals surface area contributed by atoms with Crippen LogP contribution in [0.5, 0.6) is 11.5 Å². The molecule has 7 aromatic carbocycles. The molecule has 6 heterocycles. The third kappa shape index (κ3) is 8.21. The molecule has 10 nitrogen and oxygen atoms in total. The Morgan fingerprint density at radius 1 is 0.667 bits per heavy atom. The van der Waals surface area contributed by atoms with E-state index in [2.05, 4.69) is 223 Å². The zero-order valence-electron chi connectivity index (χ0n) is 43.2. The van der Waals surface area contributed by atoms with Crippen molar-refractivity contribution in [3.05, 3.63) is 215 Å². The Morgan fingerprint density at radius 2 is 1.47 bits per heavy atom. The molecular weight excluding hydrogens is 925 g/mol. The lowest BCUT2D eigenvalue weighted by Gasteiger charge is -2.27. The molecule has 0 saturated heterocycles. The first-order valence-corrected chi connectivity index (χ1v) is 26.0. The minimum absolute atomic E-state index is 0.0458. The quantitative estimate of drug-likeness (QED) is 0.0781. The Balaban J connectivity index is 0.670. The number of aromatic nitrogens is 5. The van der Waals surface area contributed by atoms with E-state index >= 15 is 0 Å². The number of H-pyrrole nitrogens is 2. The van der Waals surface area contributed by atoms with Crippen LogP contribution in [-0.4, -0.2) is 31.1 Å². The van der Waals surface area contributed by atoms with Crippen LogP contribution in [0.4, 0.5) is 23.0 Å². The summed E-state index contributed by atoms with van der Waals surface area (Å²) < 4.78 is 15.4. The van der Waals surface area contributed by atoms with Crippen LogP contribution in [0, 0.1) is 13.8 Å². The minimum atomic E-state index is -0.169. The van der Waals surface area contributed by atoms with E-state index in [0.717, 1.165) is 68.4 Å². The van der Waals surface area contributed by atoms with Crippen LogP contribution in [0.25, 0.3) is 55.2 Å². The van der Waals surface area contributed by atoms with E-state index in [9.17, 15) is 0 Å². The van der Waals surface area contributed by atoms with Crippen molar-refractivity contribution >= 4 is 55.7 Å². The topological polar surface area (TPSA) is 117 Å². The molecule has 75 heavy (non-hydrogen) atoms. The van der Waals surface area contributed by atoms with Crippen molar-refractivity contribution in [2.45, 2.75) is 77.6 Å². The number of hydrogen-bond donors (Lipinski definition) is 5. The number of aromatic amines is 2. The van der Waals surface area contributed by atoms with E-state index in [-0.39, 0.29) is 22.9 Å². The van der Waals surface area contributed by atoms with Crippen molar-refractivity contribution < 1.29 is 9.47 Å². The molecule has 372 valence electrons. The van der Waals surface area contributed by atoms with Crippen LogP contribution in [0.3, 0.4) is 0 Å². The molecule has 0 amide bonds. The molecule has 11 aromatic rings. The molecule has 0 radical (unpaired) electrons. The number of benzene rings is 7. The van der Waals surface area contributed by atoms with Crippen LogP contribution >= 0.6 is 0 Å². The fourth-order valence-corrected chi connectivity index (χ4v) is 11.9. The minimum Gasteiger partial charge on any atom is -0.492 e. The van der Waals surface area contributed by atoms with Crippen LogP contribution in [0.1, 0.15) is 78.7 Å². The average Bonchev–Trinajstić information content (AvgIpc) is 4.31. The van der Waals surface area contributed by atoms with Gasteiger partial charge >= 0.3 is 0 Å². The zero-order chi connectivity index (χ0) is 51.0. The SMILES string of the molecule is Cc1ccc(OCc2ccc3c(c2)NC(c2c[nH]c4cc(-c5ccc(OCCn6cc(C7Nc8ccccc8C7(C)C)c7ccccc76)cc5C)ccc24)C3(C)C)c(Nc2nccc(-c3cc4ccccc4[nH]3)n2)c1. The Labute approximate surface area is 437 Å². The standard InChI is InChI=1S/C65H60N8O2/c1-39-19-26-60(58(31-39)72-63-66-28-27-54(71-63)57-35-43-13-7-10-16-52(43)68-57)75-38-41-20-25-51-56(33-41)70-61(65(51,5)6)48-36-67-55-34-42(21-23-46(48)55)45-24-22-44(32-40(45)2)74-30-29-73-37-49(47-14-8-12-18-59(47)73)62-64(3,4)50-15-9-11-17-53(50)69-62/h7-28,31-37,61-62,67-70H,29-30,38H2,1-6H3,(H,66,71,72). The molecular formula is C65H60N8O2. The first-order valence-electron chi connectivity index (χ1n) is 26.0. The third-order valence-corrected chi connectivity index (χ3v) is 15.9. The molecule has 4 aromatic heterocycles. The van der Waals surface area contributed by atoms with Gasteiger partial charge in [-0.2, -0.15) is 0 Å². The predicted octanol–water partition coefficient (Wildman–Crippen LogP) is 15.6. The molecule has 2 unspecified atom stereocenters. The summed E-state index contributed by atoms with van der Waals surface area (Å²) in [6, 6.07) is 56.0. The Hall–Kier alpha value is -8.76. The maximum Gasteiger partial charge on any atom is 0.227 e. The van der Waals surface area contributed by atoms with Gasteiger partial charge in [0.1, 0.15) is 24.7 Å². The van der Waals surface area contributed by atoms with Crippen molar-refractivity contribution in [2.75, 3.05) is 22.6 Å². The summed E-state index contributed by atoms with van der Waals surface area (Å²) in [7, 11) is 0. The molecule has 0 fully saturated rings. The van der Waals surface area contributed by atoms with Crippen molar-refractivity contribution in [3.8, 4) is 34.0 Å². The van der Waals surface area contributed by atoms with Gasteiger partial charge in [0.15, 0.2) is 0 Å². The summed E-state index contributed by atoms with van der Waals surface area (Å²) in [6.07, 6.45) is 6.29. The number of ether oxygens (including phenoxy) is 2. The van der Waals surface area contributed by atoms with Gasteiger partial charge in [0.05, 0.1) is 35.7 Å². The van der Waals surface area contributed by atoms with Crippen molar-refractivity contribution in [1.82, 2.24) is 24.5 Å². The normalized spacial score (nSPS) is 16.2. The van der Waals surface area contributed by atoms with E-state index in [1.165, 1.54) is 60.9 Å². The molecule has 13 rings (SSSR count). The Morgan fingerprint density at radius 3 is 2.33 bits per heavy atom. The second-order valence-electron chi connectivity index (χ2n) is 21.6. The van der Waals surface area contributed by atoms with Crippen LogP contribution in [0.15, 0.2) is 176 Å². The molecule has 5 N–H and O–H groups in total. The highest BCUT2D eigenvalue weighted by molar-refractivity contribution is 5.90. The van der Waals surface area contributed by atoms with Gasteiger partial charge in [-0.05, 0) is 120 Å². The molecule has 2 aliphatic rings. The highest BCUT2D eigenvalue weighted by Crippen LogP contribution is 2.52. The Bertz CT molecular complexity index is 3960. The van der Waals surface area contributed by atoms with Gasteiger partial charge in [-0.1, -0.05) is 119 Å². The number of para-hydroxylation sites is 3. The van der Waals surface area contributed by atoms with Gasteiger partial charge in [0.25, 0.3) is 0 Å². The van der Waals surface area contributed by atoms with Crippen molar-refractivity contribution in [3.63, 3.8) is 0 Å². The second kappa shape index (κ2) is 18.0. The summed E-state index contributed by atoms with van der Waals surface area (Å²) in [5.74, 6) is 2.10. The first kappa shape index (κ1) is 46.1. The van der Waals surface area contributed by atoms with Gasteiger partial charge in [-0.3, -0.25) is 0 Å². The van der Waals surface area contributed by atoms with Crippen molar-refractivity contribution in [2.24, 2.45) is 0 Å². The summed E-state index contributed by atoms with van der Waals surface area (Å²) in [4.78, 5) is 16.5. The summed E-state index contributed by atoms with van der Waals surface area (Å²) in [6.45, 7) is 15.3. The third-order valence-electron chi connectivity index (χ3n) is 15.9. The molecule has 2 aliphatic heterocycles. The van der Waals surface area contributed by atoms with E-state index in [1.807, 2.05) is 24.3 Å². The number of nitrogens with one attached hydrogen (secondary N) is 5. The molecule has 0 aliphatic carbocycles. The maximum atomic E-state index is 6.54. The van der Waals surface area contributed by atoms with Gasteiger partial charge in [-0.25, -0.2) is 9.97 Å². The van der Waals surface area contributed by atoms with Crippen LogP contribution in [0.2, 0.25) is 0 Å². The maximum absolute atomic E-state index is 6.54. The number of rotatable bonds is 13. The average molecular weight is 985 g/mol. The van der Waals surface area contributed by atoms with E-state index in [1.54, 1.807) is 6.20 Å². The summed E-state index contributed by atoms with van der Waals surface area (Å²) >= 11 is 0. The lowest BCUT2D eigenvalue weighted by molar-refractivity contribution is 0.300. The van der Waals surface area contributed by atoms with Gasteiger partial charge in [0, 0.05) is 84.6 Å². The van der Waals surface area contributed by atoms with Gasteiger partial charge < -0.3 is 40.0 Å². The first-order chi connectivity index (χ1) is 36.4.